The normalized spacial score (nSPS) is 17.9. The number of nitrogens with one attached hydrogen (secondary N) is 1. The predicted octanol–water partition coefficient (Wildman–Crippen LogP) is 1.94. The van der Waals surface area contributed by atoms with Crippen LogP contribution in [0.1, 0.15) is 27.8 Å². The highest BCUT2D eigenvalue weighted by Gasteiger charge is 2.29. The summed E-state index contributed by atoms with van der Waals surface area (Å²) in [6.07, 6.45) is 3.60. The minimum atomic E-state index is 0. The molecule has 1 aliphatic heterocycles. The first-order valence-electron chi connectivity index (χ1n) is 7.22. The average Bonchev–Trinajstić information content (AvgIpc) is 2.87. The summed E-state index contributed by atoms with van der Waals surface area (Å²) < 4.78 is 1.95. The number of rotatable bonds is 2. The van der Waals surface area contributed by atoms with Crippen molar-refractivity contribution in [3.8, 4) is 0 Å². The van der Waals surface area contributed by atoms with E-state index in [1.807, 2.05) is 53.9 Å². The third-order valence-electron chi connectivity index (χ3n) is 4.17. The van der Waals surface area contributed by atoms with Gasteiger partial charge in [0.05, 0.1) is 6.04 Å². The summed E-state index contributed by atoms with van der Waals surface area (Å²) in [7, 11) is 1.93. The Labute approximate surface area is 136 Å². The van der Waals surface area contributed by atoms with Crippen molar-refractivity contribution >= 4 is 18.3 Å². The summed E-state index contributed by atoms with van der Waals surface area (Å²) in [4.78, 5) is 19.0. The molecule has 0 spiro atoms. The highest BCUT2D eigenvalue weighted by molar-refractivity contribution is 5.93. The van der Waals surface area contributed by atoms with Gasteiger partial charge in [0, 0.05) is 44.8 Å². The number of carbonyl (C=O) groups is 1. The van der Waals surface area contributed by atoms with Gasteiger partial charge in [0.15, 0.2) is 0 Å². The molecular formula is C16H21ClN4O. The van der Waals surface area contributed by atoms with Crippen molar-refractivity contribution in [1.29, 1.82) is 0 Å². The maximum absolute atomic E-state index is 12.9. The molecule has 1 N–H and O–H groups in total. The van der Waals surface area contributed by atoms with Crippen LogP contribution in [0.15, 0.2) is 36.7 Å². The van der Waals surface area contributed by atoms with Crippen LogP contribution in [-0.2, 0) is 7.05 Å². The van der Waals surface area contributed by atoms with E-state index < -0.39 is 0 Å². The number of carbonyl (C=O) groups excluding carboxylic acids is 1. The summed E-state index contributed by atoms with van der Waals surface area (Å²) >= 11 is 0. The molecule has 1 atom stereocenters. The second kappa shape index (κ2) is 6.94. The van der Waals surface area contributed by atoms with Crippen LogP contribution in [0.2, 0.25) is 0 Å². The number of aromatic nitrogens is 2. The van der Waals surface area contributed by atoms with Gasteiger partial charge in [0.1, 0.15) is 5.69 Å². The maximum atomic E-state index is 12.9. The highest BCUT2D eigenvalue weighted by atomic mass is 35.5. The zero-order valence-corrected chi connectivity index (χ0v) is 13.6. The number of halogens is 1. The molecule has 0 aliphatic carbocycles. The summed E-state index contributed by atoms with van der Waals surface area (Å²) in [6, 6.07) is 7.87. The van der Waals surface area contributed by atoms with Gasteiger partial charge in [-0.2, -0.15) is 0 Å². The minimum absolute atomic E-state index is 0. The number of pyridine rings is 1. The van der Waals surface area contributed by atoms with Crippen molar-refractivity contribution < 1.29 is 4.79 Å². The van der Waals surface area contributed by atoms with Crippen LogP contribution in [0.3, 0.4) is 0 Å². The van der Waals surface area contributed by atoms with E-state index in [1.54, 1.807) is 6.20 Å². The van der Waals surface area contributed by atoms with Crippen LogP contribution >= 0.6 is 12.4 Å². The van der Waals surface area contributed by atoms with Gasteiger partial charge in [-0.15, -0.1) is 12.4 Å². The molecule has 1 aliphatic rings. The van der Waals surface area contributed by atoms with Gasteiger partial charge < -0.3 is 14.8 Å². The molecule has 1 fully saturated rings. The number of hydrogen-bond acceptors (Lipinski definition) is 3. The smallest absolute Gasteiger partial charge is 0.271 e. The maximum Gasteiger partial charge on any atom is 0.271 e. The van der Waals surface area contributed by atoms with Crippen LogP contribution < -0.4 is 5.32 Å². The zero-order valence-electron chi connectivity index (χ0n) is 12.8. The lowest BCUT2D eigenvalue weighted by atomic mass is 10.0. The molecule has 3 heterocycles. The van der Waals surface area contributed by atoms with E-state index in [0.29, 0.717) is 6.54 Å². The lowest BCUT2D eigenvalue weighted by Gasteiger charge is -2.36. The Morgan fingerprint density at radius 2 is 2.18 bits per heavy atom. The molecule has 5 nitrogen and oxygen atoms in total. The summed E-state index contributed by atoms with van der Waals surface area (Å²) in [6.45, 7) is 4.31. The minimum Gasteiger partial charge on any atom is -0.344 e. The SMILES string of the molecule is Cc1ccc(C(=O)N2CCNCC2c2cccnc2)n1C.Cl. The molecule has 0 bridgehead atoms. The van der Waals surface area contributed by atoms with Gasteiger partial charge in [-0.05, 0) is 30.7 Å². The third kappa shape index (κ3) is 3.00. The quantitative estimate of drug-likeness (QED) is 0.920. The molecule has 22 heavy (non-hydrogen) atoms. The first-order valence-corrected chi connectivity index (χ1v) is 7.22. The van der Waals surface area contributed by atoms with Crippen molar-refractivity contribution in [2.45, 2.75) is 13.0 Å². The number of aryl methyl sites for hydroxylation is 1. The van der Waals surface area contributed by atoms with E-state index in [4.69, 9.17) is 0 Å². The van der Waals surface area contributed by atoms with E-state index in [2.05, 4.69) is 10.3 Å². The highest BCUT2D eigenvalue weighted by Crippen LogP contribution is 2.24. The lowest BCUT2D eigenvalue weighted by molar-refractivity contribution is 0.0624. The van der Waals surface area contributed by atoms with Crippen LogP contribution in [0.25, 0.3) is 0 Å². The summed E-state index contributed by atoms with van der Waals surface area (Å²) in [5, 5.41) is 3.36. The Morgan fingerprint density at radius 1 is 1.36 bits per heavy atom. The van der Waals surface area contributed by atoms with Crippen molar-refractivity contribution in [3.63, 3.8) is 0 Å². The summed E-state index contributed by atoms with van der Waals surface area (Å²) in [5.74, 6) is 0.0842. The Hall–Kier alpha value is -1.85. The van der Waals surface area contributed by atoms with Gasteiger partial charge >= 0.3 is 0 Å². The number of amides is 1. The second-order valence-corrected chi connectivity index (χ2v) is 5.42. The van der Waals surface area contributed by atoms with Gasteiger partial charge in [-0.1, -0.05) is 6.07 Å². The van der Waals surface area contributed by atoms with E-state index >= 15 is 0 Å². The first-order chi connectivity index (χ1) is 10.2. The van der Waals surface area contributed by atoms with Gasteiger partial charge in [0.25, 0.3) is 5.91 Å². The van der Waals surface area contributed by atoms with Crippen LogP contribution in [0, 0.1) is 6.92 Å². The second-order valence-electron chi connectivity index (χ2n) is 5.42. The van der Waals surface area contributed by atoms with Crippen LogP contribution in [0.4, 0.5) is 0 Å². The molecule has 118 valence electrons. The molecule has 0 radical (unpaired) electrons. The molecule has 6 heteroatoms. The predicted molar refractivity (Wildman–Crippen MR) is 88.3 cm³/mol. The molecule has 1 saturated heterocycles. The largest absolute Gasteiger partial charge is 0.344 e. The molecule has 0 saturated carbocycles. The van der Waals surface area contributed by atoms with Crippen molar-refractivity contribution in [2.75, 3.05) is 19.6 Å². The van der Waals surface area contributed by atoms with Crippen molar-refractivity contribution in [3.05, 3.63) is 53.6 Å². The first kappa shape index (κ1) is 16.5. The Balaban J connectivity index is 0.00000176. The number of nitrogens with zero attached hydrogens (tertiary/aromatic N) is 3. The average molecular weight is 321 g/mol. The monoisotopic (exact) mass is 320 g/mol. The van der Waals surface area contributed by atoms with E-state index in [1.165, 1.54) is 0 Å². The molecule has 1 amide bonds. The van der Waals surface area contributed by atoms with Crippen molar-refractivity contribution in [1.82, 2.24) is 19.8 Å². The fourth-order valence-electron chi connectivity index (χ4n) is 2.79. The van der Waals surface area contributed by atoms with Gasteiger partial charge in [-0.3, -0.25) is 9.78 Å². The van der Waals surface area contributed by atoms with Crippen molar-refractivity contribution in [2.24, 2.45) is 7.05 Å². The Morgan fingerprint density at radius 3 is 2.82 bits per heavy atom. The number of piperazine rings is 1. The lowest BCUT2D eigenvalue weighted by Crippen LogP contribution is -2.49. The third-order valence-corrected chi connectivity index (χ3v) is 4.17. The number of hydrogen-bond donors (Lipinski definition) is 1. The van der Waals surface area contributed by atoms with Crippen LogP contribution in [0.5, 0.6) is 0 Å². The standard InChI is InChI=1S/C16H20N4O.ClH/c1-12-5-6-14(19(12)2)16(21)20-9-8-18-11-15(20)13-4-3-7-17-10-13;/h3-7,10,15,18H,8-9,11H2,1-2H3;1H. The molecule has 0 aromatic carbocycles. The Kier molecular flexibility index (Phi) is 5.21. The molecule has 2 aromatic rings. The zero-order chi connectivity index (χ0) is 14.8. The Bertz CT molecular complexity index is 641. The topological polar surface area (TPSA) is 50.2 Å². The van der Waals surface area contributed by atoms with E-state index in [-0.39, 0.29) is 24.4 Å². The molecule has 2 aromatic heterocycles. The van der Waals surface area contributed by atoms with Gasteiger partial charge in [0.2, 0.25) is 0 Å². The van der Waals surface area contributed by atoms with Crippen LogP contribution in [-0.4, -0.2) is 40.0 Å². The molecular weight excluding hydrogens is 300 g/mol. The van der Waals surface area contributed by atoms with E-state index in [0.717, 1.165) is 30.0 Å². The van der Waals surface area contributed by atoms with Gasteiger partial charge in [-0.25, -0.2) is 0 Å². The molecule has 3 rings (SSSR count). The fourth-order valence-corrected chi connectivity index (χ4v) is 2.79. The fraction of sp³-hybridized carbons (Fsp3) is 0.375. The van der Waals surface area contributed by atoms with E-state index in [9.17, 15) is 4.79 Å². The summed E-state index contributed by atoms with van der Waals surface area (Å²) in [5.41, 5.74) is 2.90. The molecule has 1 unspecified atom stereocenters.